The van der Waals surface area contributed by atoms with Gasteiger partial charge in [-0.25, -0.2) is 9.97 Å². The molecule has 0 aliphatic rings. The van der Waals surface area contributed by atoms with E-state index in [1.54, 1.807) is 24.3 Å². The molecule has 0 spiro atoms. The molecule has 0 unspecified atom stereocenters. The molecule has 0 bridgehead atoms. The monoisotopic (exact) mass is 442 g/mol. The minimum atomic E-state index is -0.471. The Bertz CT molecular complexity index is 1250. The van der Waals surface area contributed by atoms with Crippen molar-refractivity contribution < 1.29 is 4.92 Å². The second-order valence-electron chi connectivity index (χ2n) is 6.76. The Labute approximate surface area is 188 Å². The first-order valence-electron chi connectivity index (χ1n) is 9.66. The maximum absolute atomic E-state index is 11.8. The molecule has 0 aliphatic carbocycles. The van der Waals surface area contributed by atoms with Crippen molar-refractivity contribution in [2.75, 3.05) is 5.32 Å². The number of nitro groups is 1. The van der Waals surface area contributed by atoms with E-state index in [2.05, 4.69) is 25.5 Å². The van der Waals surface area contributed by atoms with E-state index in [1.165, 1.54) is 18.1 Å². The van der Waals surface area contributed by atoms with E-state index >= 15 is 0 Å². The maximum atomic E-state index is 11.8. The highest BCUT2D eigenvalue weighted by atomic mass is 32.2. The fraction of sp³-hybridized carbons (Fsp3) is 0.0435. The first-order valence-corrected chi connectivity index (χ1v) is 10.5. The zero-order chi connectivity index (χ0) is 22.3. The lowest BCUT2D eigenvalue weighted by Crippen LogP contribution is -2.02. The molecule has 8 nitrogen and oxygen atoms in total. The predicted octanol–water partition coefficient (Wildman–Crippen LogP) is 7.00. The molecule has 4 aromatic rings. The zero-order valence-electron chi connectivity index (χ0n) is 17.0. The molecule has 0 fully saturated rings. The van der Waals surface area contributed by atoms with Gasteiger partial charge in [0.25, 0.3) is 0 Å². The lowest BCUT2D eigenvalue weighted by molar-refractivity contribution is -0.387. The molecule has 0 amide bonds. The second kappa shape index (κ2) is 9.80. The Morgan fingerprint density at radius 1 is 0.875 bits per heavy atom. The second-order valence-corrected chi connectivity index (χ2v) is 7.82. The lowest BCUT2D eigenvalue weighted by Gasteiger charge is -2.09. The molecule has 3 aromatic carbocycles. The van der Waals surface area contributed by atoms with Crippen LogP contribution in [0.3, 0.4) is 0 Å². The molecule has 158 valence electrons. The van der Waals surface area contributed by atoms with Crippen LogP contribution in [0.25, 0.3) is 0 Å². The molecule has 9 heteroatoms. The minimum absolute atomic E-state index is 0.123. The fourth-order valence-electron chi connectivity index (χ4n) is 2.77. The lowest BCUT2D eigenvalue weighted by atomic mass is 10.2. The molecule has 0 saturated heterocycles. The summed E-state index contributed by atoms with van der Waals surface area (Å²) in [6, 6.07) is 24.2. The van der Waals surface area contributed by atoms with Gasteiger partial charge in [-0.1, -0.05) is 47.7 Å². The van der Waals surface area contributed by atoms with Crippen LogP contribution in [-0.4, -0.2) is 14.9 Å². The zero-order valence-corrected chi connectivity index (χ0v) is 17.9. The molecule has 0 radical (unpaired) electrons. The summed E-state index contributed by atoms with van der Waals surface area (Å²) in [5.41, 5.74) is 2.99. The van der Waals surface area contributed by atoms with Gasteiger partial charge in [0, 0.05) is 10.6 Å². The highest BCUT2D eigenvalue weighted by Crippen LogP contribution is 2.37. The van der Waals surface area contributed by atoms with Crippen molar-refractivity contribution in [1.82, 2.24) is 9.97 Å². The summed E-state index contributed by atoms with van der Waals surface area (Å²) in [5.74, 6) is 0.123. The van der Waals surface area contributed by atoms with E-state index in [0.717, 1.165) is 16.1 Å². The normalized spacial score (nSPS) is 10.9. The summed E-state index contributed by atoms with van der Waals surface area (Å²) >= 11 is 1.22. The summed E-state index contributed by atoms with van der Waals surface area (Å²) in [4.78, 5) is 20.4. The van der Waals surface area contributed by atoms with Gasteiger partial charge in [-0.2, -0.15) is 10.2 Å². The van der Waals surface area contributed by atoms with E-state index in [9.17, 15) is 10.1 Å². The molecular weight excluding hydrogens is 424 g/mol. The van der Waals surface area contributed by atoms with Crippen LogP contribution in [-0.2, 0) is 0 Å². The number of aryl methyl sites for hydroxylation is 1. The van der Waals surface area contributed by atoms with E-state index in [1.807, 2.05) is 61.5 Å². The Hall–Kier alpha value is -4.11. The van der Waals surface area contributed by atoms with Crippen molar-refractivity contribution in [2.24, 2.45) is 10.2 Å². The van der Waals surface area contributed by atoms with Gasteiger partial charge in [0.1, 0.15) is 6.33 Å². The quantitative estimate of drug-likeness (QED) is 0.143. The van der Waals surface area contributed by atoms with Gasteiger partial charge in [-0.15, -0.1) is 0 Å². The number of aromatic nitrogens is 2. The molecule has 0 atom stereocenters. The molecule has 1 N–H and O–H groups in total. The average molecular weight is 443 g/mol. The summed E-state index contributed by atoms with van der Waals surface area (Å²) in [6.45, 7) is 1.98. The Kier molecular flexibility index (Phi) is 6.47. The van der Waals surface area contributed by atoms with Crippen molar-refractivity contribution in [3.05, 3.63) is 101 Å². The number of benzene rings is 3. The molecule has 1 aromatic heterocycles. The van der Waals surface area contributed by atoms with Crippen molar-refractivity contribution in [3.63, 3.8) is 0 Å². The third kappa shape index (κ3) is 5.32. The summed E-state index contributed by atoms with van der Waals surface area (Å²) < 4.78 is 0. The smallest absolute Gasteiger partial charge is 0.334 e. The molecule has 0 saturated carbocycles. The number of azo groups is 1. The highest BCUT2D eigenvalue weighted by molar-refractivity contribution is 7.99. The van der Waals surface area contributed by atoms with Crippen LogP contribution in [0, 0.1) is 17.0 Å². The van der Waals surface area contributed by atoms with Gasteiger partial charge in [0.2, 0.25) is 5.82 Å². The summed E-state index contributed by atoms with van der Waals surface area (Å²) in [7, 11) is 0. The van der Waals surface area contributed by atoms with E-state index in [-0.39, 0.29) is 16.5 Å². The summed E-state index contributed by atoms with van der Waals surface area (Å²) in [6.07, 6.45) is 1.31. The van der Waals surface area contributed by atoms with Gasteiger partial charge in [-0.3, -0.25) is 10.1 Å². The standard InChI is InChI=1S/C23H18N6O2S/c1-16-7-13-20(14-8-16)32-23-21(29(30)31)22(24-15-25-23)26-17-9-11-19(12-10-17)28-27-18-5-3-2-4-6-18/h2-15H,1H3,(H,24,25,26). The molecule has 0 aliphatic heterocycles. The Balaban J connectivity index is 1.54. The first-order chi connectivity index (χ1) is 15.6. The van der Waals surface area contributed by atoms with Crippen LogP contribution < -0.4 is 5.32 Å². The topological polar surface area (TPSA) is 106 Å². The van der Waals surface area contributed by atoms with Crippen molar-refractivity contribution in [1.29, 1.82) is 0 Å². The molecule has 1 heterocycles. The largest absolute Gasteiger partial charge is 0.343 e. The van der Waals surface area contributed by atoms with Crippen molar-refractivity contribution in [2.45, 2.75) is 16.8 Å². The minimum Gasteiger partial charge on any atom is -0.334 e. The van der Waals surface area contributed by atoms with E-state index in [4.69, 9.17) is 0 Å². The fourth-order valence-corrected chi connectivity index (χ4v) is 3.63. The third-order valence-corrected chi connectivity index (χ3v) is 5.37. The van der Waals surface area contributed by atoms with Gasteiger partial charge < -0.3 is 5.32 Å². The number of nitrogens with one attached hydrogen (secondary N) is 1. The first kappa shape index (κ1) is 21.1. The van der Waals surface area contributed by atoms with Crippen molar-refractivity contribution in [3.8, 4) is 0 Å². The van der Waals surface area contributed by atoms with Crippen LogP contribution in [0.15, 0.2) is 105 Å². The average Bonchev–Trinajstić information content (AvgIpc) is 2.81. The van der Waals surface area contributed by atoms with Crippen molar-refractivity contribution >= 4 is 40.3 Å². The van der Waals surface area contributed by atoms with Crippen LogP contribution in [0.5, 0.6) is 0 Å². The number of hydrogen-bond acceptors (Lipinski definition) is 8. The Morgan fingerprint density at radius 2 is 1.53 bits per heavy atom. The van der Waals surface area contributed by atoms with E-state index in [0.29, 0.717) is 11.4 Å². The third-order valence-electron chi connectivity index (χ3n) is 4.37. The highest BCUT2D eigenvalue weighted by Gasteiger charge is 2.24. The van der Waals surface area contributed by atoms with Crippen LogP contribution in [0.4, 0.5) is 28.6 Å². The summed E-state index contributed by atoms with van der Waals surface area (Å²) in [5, 5.41) is 23.4. The van der Waals surface area contributed by atoms with Crippen LogP contribution in [0.2, 0.25) is 0 Å². The van der Waals surface area contributed by atoms with E-state index < -0.39 is 4.92 Å². The van der Waals surface area contributed by atoms with Gasteiger partial charge in [0.15, 0.2) is 5.03 Å². The molecule has 4 rings (SSSR count). The number of rotatable bonds is 7. The van der Waals surface area contributed by atoms with Crippen LogP contribution >= 0.6 is 11.8 Å². The SMILES string of the molecule is Cc1ccc(Sc2ncnc(Nc3ccc(N=Nc4ccccc4)cc3)c2[N+](=O)[O-])cc1. The maximum Gasteiger partial charge on any atom is 0.343 e. The number of nitrogens with zero attached hydrogens (tertiary/aromatic N) is 5. The predicted molar refractivity (Wildman–Crippen MR) is 124 cm³/mol. The molecular formula is C23H18N6O2S. The van der Waals surface area contributed by atoms with Crippen LogP contribution in [0.1, 0.15) is 5.56 Å². The Morgan fingerprint density at radius 3 is 2.19 bits per heavy atom. The van der Waals surface area contributed by atoms with Gasteiger partial charge in [-0.05, 0) is 55.5 Å². The number of anilines is 2. The van der Waals surface area contributed by atoms with Gasteiger partial charge in [0.05, 0.1) is 16.3 Å². The number of hydrogen-bond donors (Lipinski definition) is 1. The molecule has 32 heavy (non-hydrogen) atoms. The van der Waals surface area contributed by atoms with Gasteiger partial charge >= 0.3 is 5.69 Å².